The number of ether oxygens (including phenoxy) is 1. The molecule has 0 spiro atoms. The predicted octanol–water partition coefficient (Wildman–Crippen LogP) is 6.62. The van der Waals surface area contributed by atoms with E-state index in [0.29, 0.717) is 40.8 Å². The fourth-order valence-corrected chi connectivity index (χ4v) is 4.43. The molecule has 1 aromatic heterocycles. The van der Waals surface area contributed by atoms with Crippen molar-refractivity contribution in [2.24, 2.45) is 0 Å². The van der Waals surface area contributed by atoms with Gasteiger partial charge in [0.15, 0.2) is 0 Å². The first-order chi connectivity index (χ1) is 20.0. The Hall–Kier alpha value is -5.00. The van der Waals surface area contributed by atoms with Crippen LogP contribution in [-0.4, -0.2) is 29.8 Å². The van der Waals surface area contributed by atoms with Crippen molar-refractivity contribution < 1.29 is 36.0 Å². The van der Waals surface area contributed by atoms with E-state index in [4.69, 9.17) is 4.52 Å². The van der Waals surface area contributed by atoms with Crippen LogP contribution in [0, 0.1) is 11.6 Å². The van der Waals surface area contributed by atoms with Crippen molar-refractivity contribution >= 4 is 28.5 Å². The summed E-state index contributed by atoms with van der Waals surface area (Å²) in [6.07, 6.45) is -2.81. The third-order valence-electron chi connectivity index (χ3n) is 6.61. The molecule has 3 aromatic carbocycles. The lowest BCUT2D eigenvalue weighted by atomic mass is 9.93. The molecule has 0 aliphatic carbocycles. The van der Waals surface area contributed by atoms with Gasteiger partial charge in [0.05, 0.1) is 37.0 Å². The number of nitrogens with one attached hydrogen (secondary N) is 1. The maximum atomic E-state index is 15.1. The zero-order valence-electron chi connectivity index (χ0n) is 22.1. The molecule has 5 rings (SSSR count). The van der Waals surface area contributed by atoms with Gasteiger partial charge in [-0.25, -0.2) is 8.78 Å². The summed E-state index contributed by atoms with van der Waals surface area (Å²) in [5, 5.41) is 6.71. The Bertz CT molecular complexity index is 1680. The average Bonchev–Trinajstić information content (AvgIpc) is 3.42. The van der Waals surface area contributed by atoms with Crippen molar-refractivity contribution in [3.63, 3.8) is 0 Å². The number of hydrogen-bond donors (Lipinski definition) is 1. The Morgan fingerprint density at radius 3 is 2.52 bits per heavy atom. The number of carbonyl (C=O) groups excluding carboxylic acids is 1. The van der Waals surface area contributed by atoms with Crippen molar-refractivity contribution in [3.8, 4) is 0 Å². The van der Waals surface area contributed by atoms with Crippen LogP contribution in [0.15, 0.2) is 78.0 Å². The number of aromatic nitrogens is 2. The molecular weight excluding hydrogens is 559 g/mol. The number of anilines is 2. The van der Waals surface area contributed by atoms with E-state index < -0.39 is 29.3 Å². The van der Waals surface area contributed by atoms with Crippen LogP contribution in [0.25, 0.3) is 11.1 Å². The van der Waals surface area contributed by atoms with Crippen molar-refractivity contribution in [2.75, 3.05) is 23.9 Å². The topological polar surface area (TPSA) is 80.5 Å². The minimum absolute atomic E-state index is 0.0496. The Labute approximate surface area is 236 Å². The van der Waals surface area contributed by atoms with Crippen LogP contribution in [0.5, 0.6) is 0 Å². The fourth-order valence-electron chi connectivity index (χ4n) is 4.43. The van der Waals surface area contributed by atoms with E-state index in [1.54, 1.807) is 6.20 Å². The number of methoxy groups -OCH3 is 1. The number of carbonyl (C=O) groups is 1. The Morgan fingerprint density at radius 1 is 1.07 bits per heavy atom. The maximum absolute atomic E-state index is 15.1. The van der Waals surface area contributed by atoms with Crippen LogP contribution in [0.3, 0.4) is 0 Å². The zero-order valence-corrected chi connectivity index (χ0v) is 22.1. The summed E-state index contributed by atoms with van der Waals surface area (Å²) < 4.78 is 79.4. The van der Waals surface area contributed by atoms with E-state index in [-0.39, 0.29) is 30.2 Å². The van der Waals surface area contributed by atoms with Crippen LogP contribution in [0.1, 0.15) is 34.0 Å². The van der Waals surface area contributed by atoms with E-state index in [0.717, 1.165) is 17.7 Å². The largest absolute Gasteiger partial charge is 0.468 e. The lowest BCUT2D eigenvalue weighted by Gasteiger charge is -2.31. The molecule has 0 saturated heterocycles. The third kappa shape index (κ3) is 6.02. The summed E-state index contributed by atoms with van der Waals surface area (Å²) in [6, 6.07) is 14.2. The van der Waals surface area contributed by atoms with Gasteiger partial charge in [-0.3, -0.25) is 4.79 Å². The monoisotopic (exact) mass is 582 g/mol. The van der Waals surface area contributed by atoms with Gasteiger partial charge in [0.25, 0.3) is 0 Å². The van der Waals surface area contributed by atoms with E-state index in [9.17, 15) is 22.4 Å². The smallest absolute Gasteiger partial charge is 0.416 e. The third-order valence-corrected chi connectivity index (χ3v) is 6.61. The van der Waals surface area contributed by atoms with Gasteiger partial charge < -0.3 is 19.5 Å². The molecule has 1 aliphatic heterocycles. The first-order valence-electron chi connectivity index (χ1n) is 12.6. The normalized spacial score (nSPS) is 13.0. The standard InChI is InChI=1S/C30H23F5N4O3/c1-17-21-12-24(32)25(36-14-28(40)41-2)13-26(21)39(15-19-8-9-20(11-23(19)31)30(33,34)35)16-22(17)29-37-27(42-38-29)10-18-6-4-3-5-7-18/h3-9,11-13,16,36H,1,10,14-15H2,2H3. The highest BCUT2D eigenvalue weighted by Crippen LogP contribution is 2.43. The van der Waals surface area contributed by atoms with Gasteiger partial charge in [-0.15, -0.1) is 0 Å². The van der Waals surface area contributed by atoms with E-state index >= 15 is 4.39 Å². The van der Waals surface area contributed by atoms with Gasteiger partial charge in [-0.1, -0.05) is 48.1 Å². The van der Waals surface area contributed by atoms with Gasteiger partial charge in [0.2, 0.25) is 11.7 Å². The van der Waals surface area contributed by atoms with Gasteiger partial charge in [0, 0.05) is 22.9 Å². The molecule has 0 fully saturated rings. The summed E-state index contributed by atoms with van der Waals surface area (Å²) in [5.41, 5.74) is 1.03. The molecule has 42 heavy (non-hydrogen) atoms. The molecular formula is C30H23F5N4O3. The minimum Gasteiger partial charge on any atom is -0.468 e. The van der Waals surface area contributed by atoms with Crippen molar-refractivity contribution in [2.45, 2.75) is 19.1 Å². The highest BCUT2D eigenvalue weighted by molar-refractivity contribution is 6.08. The molecule has 0 radical (unpaired) electrons. The van der Waals surface area contributed by atoms with Gasteiger partial charge in [-0.05, 0) is 35.4 Å². The molecule has 0 atom stereocenters. The molecule has 7 nitrogen and oxygen atoms in total. The molecule has 4 aromatic rings. The number of halogens is 5. The molecule has 216 valence electrons. The number of allylic oxidation sites excluding steroid dienone is 2. The molecule has 0 saturated carbocycles. The number of esters is 1. The molecule has 2 heterocycles. The lowest BCUT2D eigenvalue weighted by Crippen LogP contribution is -2.23. The van der Waals surface area contributed by atoms with Crippen LogP contribution in [-0.2, 0) is 28.7 Å². The van der Waals surface area contributed by atoms with Gasteiger partial charge in [0.1, 0.15) is 18.2 Å². The number of nitrogens with zero attached hydrogens (tertiary/aromatic N) is 3. The Kier molecular flexibility index (Phi) is 7.79. The van der Waals surface area contributed by atoms with Crippen LogP contribution in [0.4, 0.5) is 33.3 Å². The first kappa shape index (κ1) is 28.5. The number of benzene rings is 3. The minimum atomic E-state index is -4.71. The van der Waals surface area contributed by atoms with Crippen LogP contribution in [0.2, 0.25) is 0 Å². The van der Waals surface area contributed by atoms with E-state index in [1.165, 1.54) is 24.1 Å². The van der Waals surface area contributed by atoms with Crippen molar-refractivity contribution in [1.82, 2.24) is 10.1 Å². The summed E-state index contributed by atoms with van der Waals surface area (Å²) in [7, 11) is 1.19. The lowest BCUT2D eigenvalue weighted by molar-refractivity contribution is -0.139. The molecule has 1 N–H and O–H groups in total. The van der Waals surface area contributed by atoms with Gasteiger partial charge in [-0.2, -0.15) is 18.2 Å². The number of hydrogen-bond acceptors (Lipinski definition) is 7. The van der Waals surface area contributed by atoms with Crippen molar-refractivity contribution in [3.05, 3.63) is 119 Å². The summed E-state index contributed by atoms with van der Waals surface area (Å²) in [5.74, 6) is -1.96. The number of fused-ring (bicyclic) bond motifs is 1. The second-order valence-corrected chi connectivity index (χ2v) is 9.41. The molecule has 0 bridgehead atoms. The molecule has 12 heteroatoms. The summed E-state index contributed by atoms with van der Waals surface area (Å²) in [6.45, 7) is 3.53. The Balaban J connectivity index is 1.54. The SMILES string of the molecule is C=C1C(c2noc(Cc3ccccc3)n2)=CN(Cc2ccc(C(F)(F)F)cc2F)c2cc(NCC(=O)OC)c(F)cc21. The number of alkyl halides is 3. The Morgan fingerprint density at radius 2 is 1.83 bits per heavy atom. The average molecular weight is 583 g/mol. The predicted molar refractivity (Wildman–Crippen MR) is 145 cm³/mol. The quantitative estimate of drug-likeness (QED) is 0.185. The number of rotatable bonds is 8. The molecule has 1 aliphatic rings. The zero-order chi connectivity index (χ0) is 30.0. The van der Waals surface area contributed by atoms with E-state index in [2.05, 4.69) is 26.8 Å². The van der Waals surface area contributed by atoms with Crippen LogP contribution < -0.4 is 10.2 Å². The maximum Gasteiger partial charge on any atom is 0.416 e. The van der Waals surface area contributed by atoms with Crippen molar-refractivity contribution in [1.29, 1.82) is 0 Å². The highest BCUT2D eigenvalue weighted by atomic mass is 19.4. The fraction of sp³-hybridized carbons (Fsp3) is 0.167. The van der Waals surface area contributed by atoms with Crippen LogP contribution >= 0.6 is 0 Å². The summed E-state index contributed by atoms with van der Waals surface area (Å²) in [4.78, 5) is 17.6. The van der Waals surface area contributed by atoms with E-state index in [1.807, 2.05) is 30.3 Å². The molecule has 0 amide bonds. The van der Waals surface area contributed by atoms with Gasteiger partial charge >= 0.3 is 12.1 Å². The second kappa shape index (κ2) is 11.5. The first-order valence-corrected chi connectivity index (χ1v) is 12.6. The summed E-state index contributed by atoms with van der Waals surface area (Å²) >= 11 is 0. The second-order valence-electron chi connectivity index (χ2n) is 9.41. The highest BCUT2D eigenvalue weighted by Gasteiger charge is 2.32. The molecule has 0 unspecified atom stereocenters.